The number of allylic oxidation sites excluding steroid dienone is 2. The zero-order valence-electron chi connectivity index (χ0n) is 20.9. The van der Waals surface area contributed by atoms with Crippen molar-refractivity contribution in [3.8, 4) is 22.5 Å². The summed E-state index contributed by atoms with van der Waals surface area (Å²) >= 11 is 0. The van der Waals surface area contributed by atoms with Gasteiger partial charge in [0.1, 0.15) is 5.69 Å². The number of nitrogens with zero attached hydrogens (tertiary/aromatic N) is 4. The molecule has 4 aromatic rings. The minimum atomic E-state index is 0.863. The van der Waals surface area contributed by atoms with Gasteiger partial charge in [0.25, 0.3) is 0 Å². The van der Waals surface area contributed by atoms with Crippen molar-refractivity contribution in [2.24, 2.45) is 0 Å². The first kappa shape index (κ1) is 23.1. The quantitative estimate of drug-likeness (QED) is 0.328. The first-order valence-corrected chi connectivity index (χ1v) is 12.4. The first-order valence-electron chi connectivity index (χ1n) is 12.4. The van der Waals surface area contributed by atoms with E-state index >= 15 is 0 Å². The summed E-state index contributed by atoms with van der Waals surface area (Å²) in [6.07, 6.45) is 11.7. The Labute approximate surface area is 207 Å². The highest BCUT2D eigenvalue weighted by atomic mass is 15.1. The Morgan fingerprint density at radius 1 is 1.09 bits per heavy atom. The molecule has 1 fully saturated rings. The highest BCUT2D eigenvalue weighted by molar-refractivity contribution is 5.95. The topological polar surface area (TPSA) is 63.8 Å². The number of benzene rings is 1. The number of likely N-dealkylation sites (tertiary alicyclic amines) is 1. The van der Waals surface area contributed by atoms with Gasteiger partial charge in [0.05, 0.1) is 11.2 Å². The number of hydrogen-bond donors (Lipinski definition) is 2. The van der Waals surface area contributed by atoms with Crippen LogP contribution in [0.25, 0.3) is 39.1 Å². The summed E-state index contributed by atoms with van der Waals surface area (Å²) in [7, 11) is 4.15. The van der Waals surface area contributed by atoms with E-state index < -0.39 is 0 Å². The van der Waals surface area contributed by atoms with Crippen molar-refractivity contribution in [1.82, 2.24) is 30.0 Å². The summed E-state index contributed by atoms with van der Waals surface area (Å²) in [5.74, 6) is 0. The molecule has 0 bridgehead atoms. The number of fused-ring (bicyclic) bond motifs is 1. The van der Waals surface area contributed by atoms with E-state index in [0.29, 0.717) is 0 Å². The zero-order chi connectivity index (χ0) is 24.4. The molecule has 0 radical (unpaired) electrons. The number of hydrogen-bond acceptors (Lipinski definition) is 4. The summed E-state index contributed by atoms with van der Waals surface area (Å²) in [5, 5.41) is 9.01. The molecule has 0 spiro atoms. The lowest BCUT2D eigenvalue weighted by atomic mass is 10.0. The number of rotatable bonds is 7. The van der Waals surface area contributed by atoms with Crippen molar-refractivity contribution >= 4 is 16.6 Å². The second kappa shape index (κ2) is 9.92. The molecule has 35 heavy (non-hydrogen) atoms. The summed E-state index contributed by atoms with van der Waals surface area (Å²) in [4.78, 5) is 12.7. The zero-order valence-corrected chi connectivity index (χ0v) is 20.9. The predicted octanol–water partition coefficient (Wildman–Crippen LogP) is 6.00. The molecule has 1 aliphatic rings. The molecule has 0 atom stereocenters. The molecule has 1 aromatic carbocycles. The monoisotopic (exact) mass is 466 g/mol. The third kappa shape index (κ3) is 4.80. The molecule has 0 saturated carbocycles. The van der Waals surface area contributed by atoms with Gasteiger partial charge in [-0.1, -0.05) is 18.7 Å². The third-order valence-corrected chi connectivity index (χ3v) is 6.71. The number of aromatic nitrogens is 4. The number of H-pyrrole nitrogens is 2. The molecular formula is C29H34N6. The van der Waals surface area contributed by atoms with Crippen LogP contribution < -0.4 is 0 Å². The van der Waals surface area contributed by atoms with Crippen molar-refractivity contribution in [3.63, 3.8) is 0 Å². The molecule has 1 aliphatic heterocycles. The number of aryl methyl sites for hydroxylation is 1. The highest BCUT2D eigenvalue weighted by Gasteiger charge is 2.20. The second-order valence-corrected chi connectivity index (χ2v) is 9.71. The summed E-state index contributed by atoms with van der Waals surface area (Å²) in [6, 6.07) is 10.9. The fourth-order valence-electron chi connectivity index (χ4n) is 5.06. The van der Waals surface area contributed by atoms with E-state index in [4.69, 9.17) is 5.10 Å². The van der Waals surface area contributed by atoms with Gasteiger partial charge in [0, 0.05) is 59.9 Å². The molecule has 6 heteroatoms. The molecule has 3 aromatic heterocycles. The Morgan fingerprint density at radius 2 is 1.91 bits per heavy atom. The van der Waals surface area contributed by atoms with Crippen molar-refractivity contribution < 1.29 is 0 Å². The maximum absolute atomic E-state index is 4.70. The van der Waals surface area contributed by atoms with Crippen LogP contribution in [0.3, 0.4) is 0 Å². The number of nitrogens with one attached hydrogen (secondary N) is 2. The van der Waals surface area contributed by atoms with Crippen LogP contribution in [0.5, 0.6) is 0 Å². The minimum absolute atomic E-state index is 0.863. The van der Waals surface area contributed by atoms with Gasteiger partial charge >= 0.3 is 0 Å². The van der Waals surface area contributed by atoms with Gasteiger partial charge in [0.2, 0.25) is 0 Å². The van der Waals surface area contributed by atoms with Crippen LogP contribution in [0.4, 0.5) is 0 Å². The normalized spacial score (nSPS) is 14.7. The lowest BCUT2D eigenvalue weighted by Crippen LogP contribution is -2.28. The number of piperidine rings is 1. The number of aromatic amines is 2. The smallest absolute Gasteiger partial charge is 0.116 e. The Morgan fingerprint density at radius 3 is 2.69 bits per heavy atom. The molecule has 6 nitrogen and oxygen atoms in total. The highest BCUT2D eigenvalue weighted by Crippen LogP contribution is 2.34. The van der Waals surface area contributed by atoms with Gasteiger partial charge in [-0.05, 0) is 81.7 Å². The van der Waals surface area contributed by atoms with E-state index in [1.165, 1.54) is 36.1 Å². The van der Waals surface area contributed by atoms with Gasteiger partial charge in [0.15, 0.2) is 0 Å². The third-order valence-electron chi connectivity index (χ3n) is 6.71. The van der Waals surface area contributed by atoms with Crippen LogP contribution >= 0.6 is 0 Å². The van der Waals surface area contributed by atoms with E-state index in [1.54, 1.807) is 0 Å². The Kier molecular flexibility index (Phi) is 6.55. The average Bonchev–Trinajstić information content (AvgIpc) is 3.45. The summed E-state index contributed by atoms with van der Waals surface area (Å²) < 4.78 is 0. The van der Waals surface area contributed by atoms with Crippen LogP contribution in [0.2, 0.25) is 0 Å². The Balaban J connectivity index is 1.53. The lowest BCUT2D eigenvalue weighted by Gasteiger charge is -2.31. The summed E-state index contributed by atoms with van der Waals surface area (Å²) in [5.41, 5.74) is 10.0. The van der Waals surface area contributed by atoms with E-state index in [2.05, 4.69) is 88.9 Å². The van der Waals surface area contributed by atoms with Gasteiger partial charge in [-0.25, -0.2) is 0 Å². The minimum Gasteiger partial charge on any atom is -0.371 e. The SMILES string of the molecule is C=C/C=C(\c1cc(-c2n[nH]c3ccc(-c4cncc(CN(C)C)c4)cc23)[nH]c1C)N1CCCCC1. The standard InChI is InChI=1S/C29H34N6/c1-5-9-28(35-12-7-6-8-13-35)24-16-27(31-20(24)2)29-25-15-22(10-11-26(25)32-33-29)23-14-21(17-30-18-23)19-34(3)4/h5,9-11,14-18,31H,1,6-8,12-13,19H2,2-4H3,(H,32,33)/b28-9+. The Hall–Kier alpha value is -3.64. The van der Waals surface area contributed by atoms with Gasteiger partial charge in [-0.15, -0.1) is 0 Å². The predicted molar refractivity (Wildman–Crippen MR) is 145 cm³/mol. The van der Waals surface area contributed by atoms with Crippen LogP contribution in [0.1, 0.15) is 36.1 Å². The Bertz CT molecular complexity index is 1370. The van der Waals surface area contributed by atoms with Crippen LogP contribution in [-0.4, -0.2) is 57.1 Å². The van der Waals surface area contributed by atoms with E-state index in [-0.39, 0.29) is 0 Å². The molecule has 0 aliphatic carbocycles. The van der Waals surface area contributed by atoms with Crippen molar-refractivity contribution in [2.45, 2.75) is 32.7 Å². The maximum Gasteiger partial charge on any atom is 0.116 e. The molecule has 0 amide bonds. The molecule has 2 N–H and O–H groups in total. The fraction of sp³-hybridized carbons (Fsp3) is 0.310. The molecule has 1 saturated heterocycles. The van der Waals surface area contributed by atoms with Gasteiger partial charge < -0.3 is 14.8 Å². The van der Waals surface area contributed by atoms with Gasteiger partial charge in [-0.2, -0.15) is 5.10 Å². The van der Waals surface area contributed by atoms with E-state index in [0.717, 1.165) is 58.7 Å². The van der Waals surface area contributed by atoms with Crippen LogP contribution in [0, 0.1) is 6.92 Å². The van der Waals surface area contributed by atoms with E-state index in [9.17, 15) is 0 Å². The van der Waals surface area contributed by atoms with Crippen LogP contribution in [-0.2, 0) is 6.54 Å². The average molecular weight is 467 g/mol. The van der Waals surface area contributed by atoms with E-state index in [1.807, 2.05) is 18.5 Å². The van der Waals surface area contributed by atoms with Crippen molar-refractivity contribution in [2.75, 3.05) is 27.2 Å². The summed E-state index contributed by atoms with van der Waals surface area (Å²) in [6.45, 7) is 9.16. The van der Waals surface area contributed by atoms with Crippen molar-refractivity contribution in [1.29, 1.82) is 0 Å². The molecule has 0 unspecified atom stereocenters. The van der Waals surface area contributed by atoms with Crippen molar-refractivity contribution in [3.05, 3.63) is 78.3 Å². The molecule has 4 heterocycles. The molecule has 5 rings (SSSR count). The second-order valence-electron chi connectivity index (χ2n) is 9.71. The largest absolute Gasteiger partial charge is 0.371 e. The van der Waals surface area contributed by atoms with Crippen LogP contribution in [0.15, 0.2) is 61.5 Å². The maximum atomic E-state index is 4.70. The number of pyridine rings is 1. The fourth-order valence-corrected chi connectivity index (χ4v) is 5.06. The molecular weight excluding hydrogens is 432 g/mol. The lowest BCUT2D eigenvalue weighted by molar-refractivity contribution is 0.326. The molecule has 180 valence electrons. The first-order chi connectivity index (χ1) is 17.0. The van der Waals surface area contributed by atoms with Gasteiger partial charge in [-0.3, -0.25) is 10.1 Å².